The zero-order chi connectivity index (χ0) is 16.8. The average Bonchev–Trinajstić information content (AvgIpc) is 2.81. The quantitative estimate of drug-likeness (QED) is 0.587. The van der Waals surface area contributed by atoms with Crippen LogP contribution in [0.25, 0.3) is 0 Å². The van der Waals surface area contributed by atoms with Gasteiger partial charge in [-0.15, -0.1) is 0 Å². The molecular weight excluding hydrogens is 298 g/mol. The maximum atomic E-state index is 12.2. The van der Waals surface area contributed by atoms with Gasteiger partial charge in [-0.2, -0.15) is 0 Å². The number of rotatable bonds is 1. The van der Waals surface area contributed by atoms with Crippen molar-refractivity contribution in [2.45, 2.75) is 38.8 Å². The minimum absolute atomic E-state index is 0.118. The first-order valence-electron chi connectivity index (χ1n) is 7.76. The van der Waals surface area contributed by atoms with Gasteiger partial charge in [0.1, 0.15) is 5.60 Å². The SMILES string of the molecule is CC(C)(C)OC(=O)N1CCN2c3ccc([N+](=O)[O-])cc3C[C@H]2C1. The van der Waals surface area contributed by atoms with Gasteiger partial charge < -0.3 is 14.5 Å². The van der Waals surface area contributed by atoms with E-state index in [0.29, 0.717) is 19.6 Å². The van der Waals surface area contributed by atoms with E-state index in [2.05, 4.69) is 4.90 Å². The topological polar surface area (TPSA) is 75.9 Å². The second-order valence-corrected chi connectivity index (χ2v) is 7.05. The standard InChI is InChI=1S/C16H21N3O4/c1-16(2,3)23-15(20)17-6-7-18-13(10-17)9-11-8-12(19(21)22)4-5-14(11)18/h4-5,8,13H,6-7,9-10H2,1-3H3/t13-/m0/s1. The number of amides is 1. The highest BCUT2D eigenvalue weighted by atomic mass is 16.6. The number of nitro benzene ring substituents is 1. The number of hydrogen-bond acceptors (Lipinski definition) is 5. The van der Waals surface area contributed by atoms with Crippen LogP contribution in [0.4, 0.5) is 16.2 Å². The van der Waals surface area contributed by atoms with Crippen LogP contribution in [0.3, 0.4) is 0 Å². The molecule has 0 bridgehead atoms. The lowest BCUT2D eigenvalue weighted by Gasteiger charge is -2.39. The molecule has 3 rings (SSSR count). The molecule has 0 aliphatic carbocycles. The Kier molecular flexibility index (Phi) is 3.66. The van der Waals surface area contributed by atoms with Crippen molar-refractivity contribution in [3.05, 3.63) is 33.9 Å². The molecule has 1 atom stereocenters. The number of nitrogens with zero attached hydrogens (tertiary/aromatic N) is 3. The second-order valence-electron chi connectivity index (χ2n) is 7.05. The maximum Gasteiger partial charge on any atom is 0.410 e. The number of benzene rings is 1. The third kappa shape index (κ3) is 3.09. The van der Waals surface area contributed by atoms with Gasteiger partial charge in [-0.1, -0.05) is 0 Å². The first-order valence-corrected chi connectivity index (χ1v) is 7.76. The summed E-state index contributed by atoms with van der Waals surface area (Å²) in [5.41, 5.74) is 1.64. The van der Waals surface area contributed by atoms with Crippen molar-refractivity contribution in [1.29, 1.82) is 0 Å². The Morgan fingerprint density at radius 1 is 1.35 bits per heavy atom. The third-order valence-corrected chi connectivity index (χ3v) is 4.17. The van der Waals surface area contributed by atoms with E-state index in [1.54, 1.807) is 17.0 Å². The van der Waals surface area contributed by atoms with Crippen LogP contribution >= 0.6 is 0 Å². The molecule has 2 aliphatic rings. The molecule has 1 fully saturated rings. The molecule has 0 radical (unpaired) electrons. The van der Waals surface area contributed by atoms with Gasteiger partial charge in [0.05, 0.1) is 11.0 Å². The van der Waals surface area contributed by atoms with Gasteiger partial charge in [0.2, 0.25) is 0 Å². The van der Waals surface area contributed by atoms with Crippen LogP contribution in [-0.2, 0) is 11.2 Å². The summed E-state index contributed by atoms with van der Waals surface area (Å²) in [4.78, 5) is 26.7. The highest BCUT2D eigenvalue weighted by Gasteiger charge is 2.37. The molecule has 7 nitrogen and oxygen atoms in total. The van der Waals surface area contributed by atoms with Gasteiger partial charge in [0.25, 0.3) is 5.69 Å². The third-order valence-electron chi connectivity index (χ3n) is 4.17. The lowest BCUT2D eigenvalue weighted by molar-refractivity contribution is -0.384. The Bertz CT molecular complexity index is 653. The van der Waals surface area contributed by atoms with Gasteiger partial charge in [-0.05, 0) is 38.8 Å². The summed E-state index contributed by atoms with van der Waals surface area (Å²) in [5, 5.41) is 10.9. The average molecular weight is 319 g/mol. The van der Waals surface area contributed by atoms with Crippen LogP contribution in [-0.4, -0.2) is 47.2 Å². The maximum absolute atomic E-state index is 12.2. The van der Waals surface area contributed by atoms with Gasteiger partial charge in [-0.3, -0.25) is 10.1 Å². The molecule has 0 aromatic heterocycles. The molecule has 7 heteroatoms. The van der Waals surface area contributed by atoms with E-state index in [-0.39, 0.29) is 22.7 Å². The number of nitro groups is 1. The summed E-state index contributed by atoms with van der Waals surface area (Å²) in [6.07, 6.45) is 0.426. The van der Waals surface area contributed by atoms with Crippen LogP contribution < -0.4 is 4.90 Å². The van der Waals surface area contributed by atoms with Crippen LogP contribution in [0.5, 0.6) is 0 Å². The largest absolute Gasteiger partial charge is 0.444 e. The second kappa shape index (κ2) is 5.40. The minimum Gasteiger partial charge on any atom is -0.444 e. The minimum atomic E-state index is -0.506. The van der Waals surface area contributed by atoms with E-state index in [1.165, 1.54) is 0 Å². The predicted molar refractivity (Wildman–Crippen MR) is 85.7 cm³/mol. The first kappa shape index (κ1) is 15.6. The molecule has 0 spiro atoms. The molecule has 0 saturated carbocycles. The molecule has 0 unspecified atom stereocenters. The number of carbonyl (C=O) groups excluding carboxylic acids is 1. The lowest BCUT2D eigenvalue weighted by atomic mass is 10.1. The normalized spacial score (nSPS) is 20.0. The molecule has 23 heavy (non-hydrogen) atoms. The van der Waals surface area contributed by atoms with E-state index in [1.807, 2.05) is 26.8 Å². The fourth-order valence-corrected chi connectivity index (χ4v) is 3.22. The molecule has 2 aliphatic heterocycles. The Balaban J connectivity index is 1.72. The number of anilines is 1. The van der Waals surface area contributed by atoms with Gasteiger partial charge in [0, 0.05) is 37.5 Å². The van der Waals surface area contributed by atoms with Gasteiger partial charge in [0.15, 0.2) is 0 Å². The smallest absolute Gasteiger partial charge is 0.410 e. The summed E-state index contributed by atoms with van der Waals surface area (Å²) in [6.45, 7) is 7.46. The number of hydrogen-bond donors (Lipinski definition) is 0. The summed E-state index contributed by atoms with van der Waals surface area (Å²) >= 11 is 0. The van der Waals surface area contributed by atoms with Crippen molar-refractivity contribution in [2.75, 3.05) is 24.5 Å². The molecule has 1 amide bonds. The van der Waals surface area contributed by atoms with E-state index in [9.17, 15) is 14.9 Å². The Morgan fingerprint density at radius 3 is 2.74 bits per heavy atom. The van der Waals surface area contributed by atoms with Gasteiger partial charge in [-0.25, -0.2) is 4.79 Å². The molecule has 1 aromatic rings. The van der Waals surface area contributed by atoms with Crippen molar-refractivity contribution in [3.63, 3.8) is 0 Å². The number of fused-ring (bicyclic) bond motifs is 3. The highest BCUT2D eigenvalue weighted by molar-refractivity contribution is 5.70. The first-order chi connectivity index (χ1) is 10.7. The van der Waals surface area contributed by atoms with Crippen LogP contribution in [0.1, 0.15) is 26.3 Å². The Hall–Kier alpha value is -2.31. The molecule has 124 valence electrons. The van der Waals surface area contributed by atoms with E-state index >= 15 is 0 Å². The van der Waals surface area contributed by atoms with Crippen molar-refractivity contribution in [3.8, 4) is 0 Å². The zero-order valence-corrected chi connectivity index (χ0v) is 13.6. The van der Waals surface area contributed by atoms with Crippen molar-refractivity contribution in [1.82, 2.24) is 4.90 Å². The molecular formula is C16H21N3O4. The van der Waals surface area contributed by atoms with Gasteiger partial charge >= 0.3 is 6.09 Å². The summed E-state index contributed by atoms with van der Waals surface area (Å²) in [5.74, 6) is 0. The molecule has 1 saturated heterocycles. The Morgan fingerprint density at radius 2 is 2.09 bits per heavy atom. The molecule has 1 aromatic carbocycles. The number of non-ortho nitro benzene ring substituents is 1. The van der Waals surface area contributed by atoms with E-state index in [0.717, 1.165) is 17.7 Å². The number of piperazine rings is 1. The van der Waals surface area contributed by atoms with Crippen LogP contribution in [0, 0.1) is 10.1 Å². The number of ether oxygens (including phenoxy) is 1. The molecule has 2 heterocycles. The molecule has 0 N–H and O–H groups in total. The Labute approximate surface area is 135 Å². The predicted octanol–water partition coefficient (Wildman–Crippen LogP) is 2.58. The van der Waals surface area contributed by atoms with E-state index < -0.39 is 5.60 Å². The van der Waals surface area contributed by atoms with Crippen LogP contribution in [0.15, 0.2) is 18.2 Å². The number of carbonyl (C=O) groups is 1. The lowest BCUT2D eigenvalue weighted by Crippen LogP contribution is -2.54. The fourth-order valence-electron chi connectivity index (χ4n) is 3.22. The van der Waals surface area contributed by atoms with Crippen LogP contribution in [0.2, 0.25) is 0 Å². The highest BCUT2D eigenvalue weighted by Crippen LogP contribution is 2.36. The monoisotopic (exact) mass is 319 g/mol. The summed E-state index contributed by atoms with van der Waals surface area (Å²) < 4.78 is 5.43. The zero-order valence-electron chi connectivity index (χ0n) is 13.6. The summed E-state index contributed by atoms with van der Waals surface area (Å²) in [6, 6.07) is 5.16. The van der Waals surface area contributed by atoms with Crippen molar-refractivity contribution >= 4 is 17.5 Å². The van der Waals surface area contributed by atoms with E-state index in [4.69, 9.17) is 4.74 Å². The fraction of sp³-hybridized carbons (Fsp3) is 0.562. The van der Waals surface area contributed by atoms with Crippen molar-refractivity contribution in [2.24, 2.45) is 0 Å². The summed E-state index contributed by atoms with van der Waals surface area (Å²) in [7, 11) is 0. The van der Waals surface area contributed by atoms with Crippen molar-refractivity contribution < 1.29 is 14.5 Å².